The van der Waals surface area contributed by atoms with Gasteiger partial charge in [-0.15, -0.1) is 0 Å². The lowest BCUT2D eigenvalue weighted by Gasteiger charge is -2.36. The average Bonchev–Trinajstić information content (AvgIpc) is 2.12. The van der Waals surface area contributed by atoms with Crippen LogP contribution < -0.4 is 10.4 Å². The molecule has 1 atom stereocenters. The molecule has 6 nitrogen and oxygen atoms in total. The van der Waals surface area contributed by atoms with E-state index in [9.17, 15) is 19.5 Å². The monoisotopic (exact) mass is 230 g/mol. The molecule has 0 saturated carbocycles. The van der Waals surface area contributed by atoms with Gasteiger partial charge in [-0.2, -0.15) is 0 Å². The molecule has 6 heteroatoms. The van der Waals surface area contributed by atoms with E-state index >= 15 is 0 Å². The van der Waals surface area contributed by atoms with Crippen LogP contribution in [0.5, 0.6) is 0 Å². The largest absolute Gasteiger partial charge is 0.547 e. The fraction of sp³-hybridized carbons (Fsp3) is 0.700. The van der Waals surface area contributed by atoms with Gasteiger partial charge in [-0.1, -0.05) is 13.8 Å². The standard InChI is InChI=1S/C10H17NO5/c1-5-16-9(15)10(6(2)3,8(13)14)11-7(4)12/h6H,5H2,1-4H3,(H,11,12)(H,13,14)/p-1. The third-order valence-electron chi connectivity index (χ3n) is 2.16. The van der Waals surface area contributed by atoms with Gasteiger partial charge in [-0.05, 0) is 12.8 Å². The van der Waals surface area contributed by atoms with E-state index in [0.29, 0.717) is 0 Å². The summed E-state index contributed by atoms with van der Waals surface area (Å²) in [6.07, 6.45) is 0. The maximum atomic E-state index is 11.6. The zero-order chi connectivity index (χ0) is 12.9. The number of rotatable bonds is 5. The summed E-state index contributed by atoms with van der Waals surface area (Å²) in [5.74, 6) is -4.00. The zero-order valence-corrected chi connectivity index (χ0v) is 9.83. The summed E-state index contributed by atoms with van der Waals surface area (Å²) in [7, 11) is 0. The minimum absolute atomic E-state index is 0.0279. The Hall–Kier alpha value is -1.59. The number of ether oxygens (including phenoxy) is 1. The molecular weight excluding hydrogens is 214 g/mol. The van der Waals surface area contributed by atoms with E-state index in [1.807, 2.05) is 0 Å². The summed E-state index contributed by atoms with van der Waals surface area (Å²) in [6, 6.07) is 0. The van der Waals surface area contributed by atoms with Gasteiger partial charge in [0.1, 0.15) is 0 Å². The van der Waals surface area contributed by atoms with Crippen LogP contribution in [-0.4, -0.2) is 30.0 Å². The second-order valence-electron chi connectivity index (χ2n) is 3.65. The Morgan fingerprint density at radius 1 is 1.38 bits per heavy atom. The molecule has 0 rings (SSSR count). The van der Waals surface area contributed by atoms with Gasteiger partial charge in [-0.25, -0.2) is 4.79 Å². The lowest BCUT2D eigenvalue weighted by atomic mass is 9.86. The SMILES string of the molecule is CCOC(=O)C(NC(C)=O)(C(=O)[O-])C(C)C. The second kappa shape index (κ2) is 5.48. The first kappa shape index (κ1) is 14.4. The van der Waals surface area contributed by atoms with Crippen molar-refractivity contribution in [2.24, 2.45) is 5.92 Å². The van der Waals surface area contributed by atoms with Gasteiger partial charge in [0.15, 0.2) is 5.54 Å². The molecule has 0 heterocycles. The molecule has 1 unspecified atom stereocenters. The molecule has 0 aliphatic heterocycles. The van der Waals surface area contributed by atoms with Crippen LogP contribution in [0.15, 0.2) is 0 Å². The topological polar surface area (TPSA) is 95.5 Å². The third-order valence-corrected chi connectivity index (χ3v) is 2.16. The van der Waals surface area contributed by atoms with E-state index in [1.54, 1.807) is 6.92 Å². The summed E-state index contributed by atoms with van der Waals surface area (Å²) in [5.41, 5.74) is -2.12. The van der Waals surface area contributed by atoms with Gasteiger partial charge in [-0.3, -0.25) is 4.79 Å². The maximum absolute atomic E-state index is 11.6. The van der Waals surface area contributed by atoms with Crippen LogP contribution in [0.4, 0.5) is 0 Å². The molecule has 1 N–H and O–H groups in total. The first-order valence-corrected chi connectivity index (χ1v) is 4.96. The van der Waals surface area contributed by atoms with Crippen molar-refractivity contribution in [1.82, 2.24) is 5.32 Å². The number of amides is 1. The van der Waals surface area contributed by atoms with Crippen molar-refractivity contribution in [2.45, 2.75) is 33.2 Å². The second-order valence-corrected chi connectivity index (χ2v) is 3.65. The summed E-state index contributed by atoms with van der Waals surface area (Å²) >= 11 is 0. The molecule has 0 aliphatic rings. The molecule has 0 saturated heterocycles. The van der Waals surface area contributed by atoms with Crippen molar-refractivity contribution >= 4 is 17.8 Å². The van der Waals surface area contributed by atoms with Crippen molar-refractivity contribution in [2.75, 3.05) is 6.61 Å². The number of carbonyl (C=O) groups is 3. The van der Waals surface area contributed by atoms with Gasteiger partial charge in [0.25, 0.3) is 0 Å². The number of carboxylic acids is 1. The summed E-state index contributed by atoms with van der Waals surface area (Å²) in [4.78, 5) is 33.7. The highest BCUT2D eigenvalue weighted by atomic mass is 16.5. The van der Waals surface area contributed by atoms with Gasteiger partial charge in [0.05, 0.1) is 12.6 Å². The minimum Gasteiger partial charge on any atom is -0.547 e. The van der Waals surface area contributed by atoms with Crippen molar-refractivity contribution < 1.29 is 24.2 Å². The molecule has 0 aliphatic carbocycles. The zero-order valence-electron chi connectivity index (χ0n) is 9.83. The summed E-state index contributed by atoms with van der Waals surface area (Å²) in [6.45, 7) is 5.68. The number of hydrogen-bond acceptors (Lipinski definition) is 5. The molecule has 0 aromatic heterocycles. The molecule has 92 valence electrons. The predicted molar refractivity (Wildman–Crippen MR) is 53.0 cm³/mol. The first-order valence-electron chi connectivity index (χ1n) is 4.96. The number of carbonyl (C=O) groups excluding carboxylic acids is 3. The van der Waals surface area contributed by atoms with Gasteiger partial charge < -0.3 is 20.0 Å². The van der Waals surface area contributed by atoms with Crippen LogP contribution in [0.1, 0.15) is 27.7 Å². The third kappa shape index (κ3) is 2.71. The minimum atomic E-state index is -2.12. The number of hydrogen-bond donors (Lipinski definition) is 1. The highest BCUT2D eigenvalue weighted by molar-refractivity contribution is 6.06. The Kier molecular flexibility index (Phi) is 4.94. The molecule has 0 bridgehead atoms. The van der Waals surface area contributed by atoms with E-state index in [2.05, 4.69) is 10.1 Å². The molecule has 0 radical (unpaired) electrons. The smallest absolute Gasteiger partial charge is 0.338 e. The summed E-state index contributed by atoms with van der Waals surface area (Å²) < 4.78 is 4.66. The van der Waals surface area contributed by atoms with E-state index in [1.165, 1.54) is 13.8 Å². The van der Waals surface area contributed by atoms with Gasteiger partial charge in [0, 0.05) is 6.92 Å². The van der Waals surface area contributed by atoms with E-state index in [-0.39, 0.29) is 6.61 Å². The fourth-order valence-electron chi connectivity index (χ4n) is 1.32. The quantitative estimate of drug-likeness (QED) is 0.474. The fourth-order valence-corrected chi connectivity index (χ4v) is 1.32. The first-order chi connectivity index (χ1) is 7.28. The summed E-state index contributed by atoms with van der Waals surface area (Å²) in [5, 5.41) is 13.2. The van der Waals surface area contributed by atoms with Crippen LogP contribution in [0, 0.1) is 5.92 Å². The van der Waals surface area contributed by atoms with Crippen LogP contribution >= 0.6 is 0 Å². The Morgan fingerprint density at radius 3 is 2.12 bits per heavy atom. The lowest BCUT2D eigenvalue weighted by molar-refractivity contribution is -0.315. The van der Waals surface area contributed by atoms with Crippen molar-refractivity contribution in [3.05, 3.63) is 0 Å². The molecule has 0 fully saturated rings. The van der Waals surface area contributed by atoms with Crippen molar-refractivity contribution in [3.63, 3.8) is 0 Å². The van der Waals surface area contributed by atoms with Crippen molar-refractivity contribution in [1.29, 1.82) is 0 Å². The number of esters is 1. The maximum Gasteiger partial charge on any atom is 0.338 e. The van der Waals surface area contributed by atoms with Crippen LogP contribution in [0.25, 0.3) is 0 Å². The van der Waals surface area contributed by atoms with E-state index < -0.39 is 29.3 Å². The predicted octanol–water partition coefficient (Wildman–Crippen LogP) is -1.17. The Balaban J connectivity index is 5.34. The Morgan fingerprint density at radius 2 is 1.88 bits per heavy atom. The Bertz CT molecular complexity index is 300. The number of aliphatic carboxylic acids is 1. The van der Waals surface area contributed by atoms with Gasteiger partial charge >= 0.3 is 5.97 Å². The molecule has 0 spiro atoms. The molecule has 0 aromatic rings. The molecule has 16 heavy (non-hydrogen) atoms. The van der Waals surface area contributed by atoms with Crippen LogP contribution in [-0.2, 0) is 19.1 Å². The Labute approximate surface area is 94.0 Å². The van der Waals surface area contributed by atoms with Crippen LogP contribution in [0.2, 0.25) is 0 Å². The number of carboxylic acid groups (broad SMARTS) is 1. The van der Waals surface area contributed by atoms with Crippen LogP contribution in [0.3, 0.4) is 0 Å². The highest BCUT2D eigenvalue weighted by Gasteiger charge is 2.45. The average molecular weight is 230 g/mol. The molecular formula is C10H16NO5-. The normalized spacial score (nSPS) is 14.1. The van der Waals surface area contributed by atoms with Gasteiger partial charge in [0.2, 0.25) is 5.91 Å². The molecule has 1 amide bonds. The molecule has 0 aromatic carbocycles. The van der Waals surface area contributed by atoms with E-state index in [4.69, 9.17) is 0 Å². The highest BCUT2D eigenvalue weighted by Crippen LogP contribution is 2.18. The van der Waals surface area contributed by atoms with Crippen molar-refractivity contribution in [3.8, 4) is 0 Å². The number of nitrogens with one attached hydrogen (secondary N) is 1. The lowest BCUT2D eigenvalue weighted by Crippen LogP contribution is -2.68. The van der Waals surface area contributed by atoms with E-state index in [0.717, 1.165) is 6.92 Å².